The number of hydrogen-bond donors (Lipinski definition) is 1. The number of ether oxygens (including phenoxy) is 2. The van der Waals surface area contributed by atoms with Gasteiger partial charge in [-0.3, -0.25) is 0 Å². The molecule has 0 aliphatic rings. The quantitative estimate of drug-likeness (QED) is 0.803. The number of benzene rings is 1. The molecule has 0 heterocycles. The molecule has 0 saturated heterocycles. The fraction of sp³-hybridized carbons (Fsp3) is 0.462. The van der Waals surface area contributed by atoms with Crippen LogP contribution in [0.4, 0.5) is 8.78 Å². The number of nitrogens with two attached hydrogens (primary N) is 1. The average molecular weight is 273 g/mol. The molecule has 0 saturated carbocycles. The molecule has 0 aliphatic carbocycles. The van der Waals surface area contributed by atoms with Crippen molar-refractivity contribution in [3.63, 3.8) is 0 Å². The van der Waals surface area contributed by atoms with Gasteiger partial charge in [-0.05, 0) is 44.5 Å². The molecule has 0 spiro atoms. The normalized spacial score (nSPS) is 10.6. The zero-order chi connectivity index (χ0) is 14.4. The first kappa shape index (κ1) is 15.4. The van der Waals surface area contributed by atoms with Crippen molar-refractivity contribution in [2.45, 2.75) is 26.4 Å². The highest BCUT2D eigenvalue weighted by molar-refractivity contribution is 5.71. The van der Waals surface area contributed by atoms with E-state index in [1.165, 1.54) is 0 Å². The summed E-state index contributed by atoms with van der Waals surface area (Å²) in [7, 11) is 0. The second-order valence-electron chi connectivity index (χ2n) is 4.25. The van der Waals surface area contributed by atoms with E-state index in [-0.39, 0.29) is 6.10 Å². The number of hydrogen-bond acceptors (Lipinski definition) is 4. The average Bonchev–Trinajstić information content (AvgIpc) is 2.27. The molecule has 0 aromatic heterocycles. The van der Waals surface area contributed by atoms with Gasteiger partial charge < -0.3 is 15.2 Å². The summed E-state index contributed by atoms with van der Waals surface area (Å²) in [6.07, 6.45) is 0.0569. The molecule has 0 amide bonds. The van der Waals surface area contributed by atoms with E-state index in [1.807, 2.05) is 0 Å². The molecule has 1 aromatic rings. The van der Waals surface area contributed by atoms with Crippen LogP contribution in [0.2, 0.25) is 0 Å². The predicted octanol–water partition coefficient (Wildman–Crippen LogP) is 1.80. The molecule has 0 bridgehead atoms. The van der Waals surface area contributed by atoms with Gasteiger partial charge in [0.15, 0.2) is 24.0 Å². The van der Waals surface area contributed by atoms with Crippen LogP contribution < -0.4 is 10.5 Å². The van der Waals surface area contributed by atoms with Crippen LogP contribution in [0.15, 0.2) is 12.1 Å². The highest BCUT2D eigenvalue weighted by Gasteiger charge is 2.15. The first-order valence-corrected chi connectivity index (χ1v) is 5.94. The van der Waals surface area contributed by atoms with Gasteiger partial charge in [-0.15, -0.1) is 0 Å². The van der Waals surface area contributed by atoms with Crippen LogP contribution in [0.3, 0.4) is 0 Å². The van der Waals surface area contributed by atoms with Crippen molar-refractivity contribution in [3.05, 3.63) is 29.3 Å². The highest BCUT2D eigenvalue weighted by Crippen LogP contribution is 2.23. The Balaban J connectivity index is 2.71. The monoisotopic (exact) mass is 273 g/mol. The van der Waals surface area contributed by atoms with Gasteiger partial charge >= 0.3 is 5.97 Å². The van der Waals surface area contributed by atoms with E-state index in [4.69, 9.17) is 15.2 Å². The maximum Gasteiger partial charge on any atom is 0.344 e. The largest absolute Gasteiger partial charge is 0.476 e. The molecule has 0 atom stereocenters. The summed E-state index contributed by atoms with van der Waals surface area (Å²) in [4.78, 5) is 11.2. The Kier molecular flexibility index (Phi) is 5.69. The molecule has 19 heavy (non-hydrogen) atoms. The van der Waals surface area contributed by atoms with E-state index in [0.717, 1.165) is 12.1 Å². The van der Waals surface area contributed by atoms with E-state index in [2.05, 4.69) is 0 Å². The fourth-order valence-corrected chi connectivity index (χ4v) is 1.49. The minimum Gasteiger partial charge on any atom is -0.476 e. The molecule has 1 rings (SSSR count). The second kappa shape index (κ2) is 7.04. The van der Waals surface area contributed by atoms with Gasteiger partial charge in [0.25, 0.3) is 0 Å². The van der Waals surface area contributed by atoms with Crippen LogP contribution in [0.25, 0.3) is 0 Å². The van der Waals surface area contributed by atoms with Gasteiger partial charge in [-0.1, -0.05) is 0 Å². The lowest BCUT2D eigenvalue weighted by atomic mass is 10.1. The van der Waals surface area contributed by atoms with Gasteiger partial charge in [0.2, 0.25) is 0 Å². The standard InChI is InChI=1S/C13H17F2NO3/c1-8(2)19-12(17)7-18-13-10(14)5-9(3-4-16)6-11(13)15/h5-6,8H,3-4,7,16H2,1-2H3. The van der Waals surface area contributed by atoms with Crippen molar-refractivity contribution in [1.29, 1.82) is 0 Å². The van der Waals surface area contributed by atoms with Crippen molar-refractivity contribution >= 4 is 5.97 Å². The first-order valence-electron chi connectivity index (χ1n) is 5.94. The molecule has 2 N–H and O–H groups in total. The highest BCUT2D eigenvalue weighted by atomic mass is 19.1. The van der Waals surface area contributed by atoms with Crippen molar-refractivity contribution in [2.24, 2.45) is 5.73 Å². The molecule has 0 unspecified atom stereocenters. The van der Waals surface area contributed by atoms with Gasteiger partial charge in [0, 0.05) is 0 Å². The van der Waals surface area contributed by atoms with Gasteiger partial charge in [-0.2, -0.15) is 0 Å². The van der Waals surface area contributed by atoms with E-state index >= 15 is 0 Å². The zero-order valence-electron chi connectivity index (χ0n) is 10.9. The summed E-state index contributed by atoms with van der Waals surface area (Å²) in [5.41, 5.74) is 5.75. The van der Waals surface area contributed by atoms with Gasteiger partial charge in [0.1, 0.15) is 0 Å². The Morgan fingerprint density at radius 2 is 1.89 bits per heavy atom. The Morgan fingerprint density at radius 1 is 1.32 bits per heavy atom. The molecule has 6 heteroatoms. The second-order valence-corrected chi connectivity index (χ2v) is 4.25. The molecule has 106 valence electrons. The predicted molar refractivity (Wildman–Crippen MR) is 65.8 cm³/mol. The van der Waals surface area contributed by atoms with Crippen LogP contribution in [0, 0.1) is 11.6 Å². The minimum absolute atomic E-state index is 0.291. The molecule has 0 radical (unpaired) electrons. The van der Waals surface area contributed by atoms with E-state index < -0.39 is 30.0 Å². The van der Waals surface area contributed by atoms with Crippen LogP contribution >= 0.6 is 0 Å². The fourth-order valence-electron chi connectivity index (χ4n) is 1.49. The molecular formula is C13H17F2NO3. The molecule has 0 fully saturated rings. The summed E-state index contributed by atoms with van der Waals surface area (Å²) >= 11 is 0. The SMILES string of the molecule is CC(C)OC(=O)COc1c(F)cc(CCN)cc1F. The van der Waals surface area contributed by atoms with Crippen LogP contribution in [-0.2, 0) is 16.0 Å². The van der Waals surface area contributed by atoms with Crippen molar-refractivity contribution in [2.75, 3.05) is 13.2 Å². The Labute approximate surface area is 110 Å². The number of rotatable bonds is 6. The van der Waals surface area contributed by atoms with Crippen LogP contribution in [-0.4, -0.2) is 25.2 Å². The Hall–Kier alpha value is -1.69. The summed E-state index contributed by atoms with van der Waals surface area (Å²) in [5.74, 6) is -2.98. The topological polar surface area (TPSA) is 61.5 Å². The van der Waals surface area contributed by atoms with Crippen LogP contribution in [0.1, 0.15) is 19.4 Å². The third kappa shape index (κ3) is 4.82. The van der Waals surface area contributed by atoms with Crippen molar-refractivity contribution in [1.82, 2.24) is 0 Å². The maximum absolute atomic E-state index is 13.6. The summed E-state index contributed by atoms with van der Waals surface area (Å²) in [5, 5.41) is 0. The minimum atomic E-state index is -0.860. The number of carbonyl (C=O) groups is 1. The van der Waals surface area contributed by atoms with Crippen molar-refractivity contribution in [3.8, 4) is 5.75 Å². The van der Waals surface area contributed by atoms with E-state index in [9.17, 15) is 13.6 Å². The van der Waals surface area contributed by atoms with Gasteiger partial charge in [0.05, 0.1) is 6.10 Å². The molecule has 1 aromatic carbocycles. The summed E-state index contributed by atoms with van der Waals surface area (Å²) < 4.78 is 36.8. The Bertz CT molecular complexity index is 427. The molecule has 0 aliphatic heterocycles. The molecular weight excluding hydrogens is 256 g/mol. The smallest absolute Gasteiger partial charge is 0.344 e. The van der Waals surface area contributed by atoms with Crippen LogP contribution in [0.5, 0.6) is 5.75 Å². The lowest BCUT2D eigenvalue weighted by Crippen LogP contribution is -2.19. The van der Waals surface area contributed by atoms with Gasteiger partial charge in [-0.25, -0.2) is 13.6 Å². The first-order chi connectivity index (χ1) is 8.93. The number of esters is 1. The Morgan fingerprint density at radius 3 is 2.37 bits per heavy atom. The number of carbonyl (C=O) groups excluding carboxylic acids is 1. The number of halogens is 2. The zero-order valence-corrected chi connectivity index (χ0v) is 10.9. The van der Waals surface area contributed by atoms with Crippen molar-refractivity contribution < 1.29 is 23.0 Å². The summed E-state index contributed by atoms with van der Waals surface area (Å²) in [6.45, 7) is 3.09. The maximum atomic E-state index is 13.6. The third-order valence-corrected chi connectivity index (χ3v) is 2.19. The lowest BCUT2D eigenvalue weighted by Gasteiger charge is -2.11. The summed E-state index contributed by atoms with van der Waals surface area (Å²) in [6, 6.07) is 2.28. The lowest BCUT2D eigenvalue weighted by molar-refractivity contribution is -0.149. The van der Waals surface area contributed by atoms with E-state index in [0.29, 0.717) is 18.5 Å². The third-order valence-electron chi connectivity index (χ3n) is 2.19. The molecule has 4 nitrogen and oxygen atoms in total. The van der Waals surface area contributed by atoms with E-state index in [1.54, 1.807) is 13.8 Å².